The van der Waals surface area contributed by atoms with E-state index >= 15 is 0 Å². The predicted molar refractivity (Wildman–Crippen MR) is 132 cm³/mol. The van der Waals surface area contributed by atoms with Crippen molar-refractivity contribution in [3.05, 3.63) is 35.4 Å². The fourth-order valence-corrected chi connectivity index (χ4v) is 2.30. The molecule has 0 aliphatic rings. The molecular weight excluding hydrogens is 497 g/mol. The van der Waals surface area contributed by atoms with Crippen LogP contribution in [-0.4, -0.2) is 49.7 Å². The van der Waals surface area contributed by atoms with Crippen molar-refractivity contribution >= 4 is 41.9 Å². The van der Waals surface area contributed by atoms with Crippen LogP contribution in [-0.2, 0) is 11.3 Å². The lowest BCUT2D eigenvalue weighted by molar-refractivity contribution is 0.0528. The number of halogens is 1. The van der Waals surface area contributed by atoms with Gasteiger partial charge in [-0.2, -0.15) is 0 Å². The second-order valence-corrected chi connectivity index (χ2v) is 7.76. The van der Waals surface area contributed by atoms with Crippen LogP contribution in [0.25, 0.3) is 0 Å². The average Bonchev–Trinajstić information content (AvgIpc) is 2.66. The largest absolute Gasteiger partial charge is 0.444 e. The second-order valence-electron chi connectivity index (χ2n) is 7.76. The van der Waals surface area contributed by atoms with E-state index in [1.54, 1.807) is 13.1 Å². The third-order valence-electron chi connectivity index (χ3n) is 3.95. The quantitative estimate of drug-likeness (QED) is 0.178. The van der Waals surface area contributed by atoms with E-state index in [1.807, 2.05) is 52.8 Å². The molecule has 0 aromatic heterocycles. The molecule has 0 fully saturated rings. The molecule has 0 saturated heterocycles. The van der Waals surface area contributed by atoms with Crippen molar-refractivity contribution in [2.45, 2.75) is 59.2 Å². The third kappa shape index (κ3) is 11.8. The van der Waals surface area contributed by atoms with Gasteiger partial charge in [0, 0.05) is 38.3 Å². The van der Waals surface area contributed by atoms with Gasteiger partial charge in [-0.1, -0.05) is 19.1 Å². The van der Waals surface area contributed by atoms with Crippen molar-refractivity contribution in [2.75, 3.05) is 20.1 Å². The Kier molecular flexibility index (Phi) is 13.1. The molecule has 0 aliphatic heterocycles. The molecule has 4 N–H and O–H groups in total. The zero-order valence-electron chi connectivity index (χ0n) is 18.8. The highest BCUT2D eigenvalue weighted by Gasteiger charge is 2.15. The number of carbonyl (C=O) groups is 2. The molecule has 1 aromatic rings. The van der Waals surface area contributed by atoms with E-state index in [1.165, 1.54) is 0 Å². The summed E-state index contributed by atoms with van der Waals surface area (Å²) < 4.78 is 5.18. The first kappa shape index (κ1) is 28.0. The van der Waals surface area contributed by atoms with Gasteiger partial charge in [0.05, 0.1) is 0 Å². The Labute approximate surface area is 197 Å². The number of hydrogen-bond donors (Lipinski definition) is 4. The second kappa shape index (κ2) is 14.1. The summed E-state index contributed by atoms with van der Waals surface area (Å²) in [5.41, 5.74) is 1.08. The van der Waals surface area contributed by atoms with Crippen molar-refractivity contribution in [1.82, 2.24) is 21.3 Å². The van der Waals surface area contributed by atoms with E-state index in [-0.39, 0.29) is 35.9 Å². The first-order valence-electron chi connectivity index (χ1n) is 9.95. The molecular formula is C21H36IN5O3. The minimum atomic E-state index is -0.519. The molecule has 30 heavy (non-hydrogen) atoms. The minimum Gasteiger partial charge on any atom is -0.444 e. The van der Waals surface area contributed by atoms with Gasteiger partial charge in [0.25, 0.3) is 5.91 Å². The van der Waals surface area contributed by atoms with Crippen LogP contribution >= 0.6 is 24.0 Å². The molecule has 1 unspecified atom stereocenters. The molecule has 2 amide bonds. The van der Waals surface area contributed by atoms with Crippen molar-refractivity contribution in [2.24, 2.45) is 4.99 Å². The highest BCUT2D eigenvalue weighted by Crippen LogP contribution is 2.07. The SMILES string of the molecule is CCC(C)NC(=O)c1cccc(CNC(=NC)NCCNC(=O)OC(C)(C)C)c1.I. The third-order valence-corrected chi connectivity index (χ3v) is 3.95. The summed E-state index contributed by atoms with van der Waals surface area (Å²) in [6, 6.07) is 7.62. The molecule has 0 bridgehead atoms. The highest BCUT2D eigenvalue weighted by atomic mass is 127. The molecule has 1 atom stereocenters. The van der Waals surface area contributed by atoms with Gasteiger partial charge in [-0.05, 0) is 51.8 Å². The maximum atomic E-state index is 12.3. The number of alkyl carbamates (subject to hydrolysis) is 1. The molecule has 8 nitrogen and oxygen atoms in total. The van der Waals surface area contributed by atoms with Gasteiger partial charge >= 0.3 is 6.09 Å². The smallest absolute Gasteiger partial charge is 0.407 e. The van der Waals surface area contributed by atoms with Gasteiger partial charge in [0.2, 0.25) is 0 Å². The Morgan fingerprint density at radius 3 is 2.40 bits per heavy atom. The molecule has 1 aromatic carbocycles. The summed E-state index contributed by atoms with van der Waals surface area (Å²) in [5, 5.41) is 12.0. The van der Waals surface area contributed by atoms with Crippen molar-refractivity contribution < 1.29 is 14.3 Å². The number of nitrogens with one attached hydrogen (secondary N) is 4. The Hall–Kier alpha value is -2.04. The van der Waals surface area contributed by atoms with Gasteiger partial charge in [-0.25, -0.2) is 4.79 Å². The average molecular weight is 533 g/mol. The van der Waals surface area contributed by atoms with Crippen LogP contribution in [0.15, 0.2) is 29.3 Å². The number of ether oxygens (including phenoxy) is 1. The number of guanidine groups is 1. The summed E-state index contributed by atoms with van der Waals surface area (Å²) in [7, 11) is 1.67. The maximum Gasteiger partial charge on any atom is 0.407 e. The predicted octanol–water partition coefficient (Wildman–Crippen LogP) is 3.02. The van der Waals surface area contributed by atoms with Gasteiger partial charge < -0.3 is 26.0 Å². The molecule has 0 radical (unpaired) electrons. The Balaban J connectivity index is 0.00000841. The highest BCUT2D eigenvalue weighted by molar-refractivity contribution is 14.0. The molecule has 0 spiro atoms. The molecule has 0 saturated carbocycles. The van der Waals surface area contributed by atoms with E-state index in [9.17, 15) is 9.59 Å². The van der Waals surface area contributed by atoms with E-state index in [2.05, 4.69) is 26.3 Å². The van der Waals surface area contributed by atoms with Crippen LogP contribution in [0, 0.1) is 0 Å². The molecule has 1 rings (SSSR count). The van der Waals surface area contributed by atoms with E-state index in [0.29, 0.717) is 31.2 Å². The Morgan fingerprint density at radius 2 is 1.80 bits per heavy atom. The van der Waals surface area contributed by atoms with Gasteiger partial charge in [-0.15, -0.1) is 24.0 Å². The monoisotopic (exact) mass is 533 g/mol. The van der Waals surface area contributed by atoms with Gasteiger partial charge in [-0.3, -0.25) is 9.79 Å². The molecule has 0 aliphatic carbocycles. The van der Waals surface area contributed by atoms with E-state index in [0.717, 1.165) is 12.0 Å². The summed E-state index contributed by atoms with van der Waals surface area (Å²) in [6.07, 6.45) is 0.437. The number of rotatable bonds is 8. The van der Waals surface area contributed by atoms with Crippen LogP contribution < -0.4 is 21.3 Å². The van der Waals surface area contributed by atoms with E-state index in [4.69, 9.17) is 4.74 Å². The fraction of sp³-hybridized carbons (Fsp3) is 0.571. The first-order valence-corrected chi connectivity index (χ1v) is 9.95. The van der Waals surface area contributed by atoms with E-state index < -0.39 is 11.7 Å². The van der Waals surface area contributed by atoms with Gasteiger partial charge in [0.1, 0.15) is 5.60 Å². The van der Waals surface area contributed by atoms with Crippen LogP contribution in [0.3, 0.4) is 0 Å². The summed E-state index contributed by atoms with van der Waals surface area (Å²) in [4.78, 5) is 28.0. The number of hydrogen-bond acceptors (Lipinski definition) is 4. The van der Waals surface area contributed by atoms with Crippen LogP contribution in [0.5, 0.6) is 0 Å². The van der Waals surface area contributed by atoms with Crippen molar-refractivity contribution in [3.8, 4) is 0 Å². The van der Waals surface area contributed by atoms with Crippen LogP contribution in [0.4, 0.5) is 4.79 Å². The van der Waals surface area contributed by atoms with Crippen LogP contribution in [0.1, 0.15) is 57.0 Å². The molecule has 9 heteroatoms. The standard InChI is InChI=1S/C21H35N5O3.HI/c1-7-15(2)26-18(27)17-10-8-9-16(13-17)14-25-19(22-6)23-11-12-24-20(28)29-21(3,4)5;/h8-10,13,15H,7,11-12,14H2,1-6H3,(H,24,28)(H,26,27)(H2,22,23,25);1H. The number of nitrogens with zero attached hydrogens (tertiary/aromatic N) is 1. The summed E-state index contributed by atoms with van der Waals surface area (Å²) >= 11 is 0. The van der Waals surface area contributed by atoms with Crippen molar-refractivity contribution in [1.29, 1.82) is 0 Å². The lowest BCUT2D eigenvalue weighted by Gasteiger charge is -2.20. The summed E-state index contributed by atoms with van der Waals surface area (Å²) in [5.74, 6) is 0.530. The Morgan fingerprint density at radius 1 is 1.13 bits per heavy atom. The zero-order chi connectivity index (χ0) is 21.9. The molecule has 0 heterocycles. The minimum absolute atomic E-state index is 0. The first-order chi connectivity index (χ1) is 13.6. The number of aliphatic imine (C=N–C) groups is 1. The number of amides is 2. The lowest BCUT2D eigenvalue weighted by Crippen LogP contribution is -2.42. The maximum absolute atomic E-state index is 12.3. The van der Waals surface area contributed by atoms with Crippen molar-refractivity contribution in [3.63, 3.8) is 0 Å². The Bertz CT molecular complexity index is 704. The number of benzene rings is 1. The molecule has 170 valence electrons. The lowest BCUT2D eigenvalue weighted by atomic mass is 10.1. The number of carbonyl (C=O) groups excluding carboxylic acids is 2. The topological polar surface area (TPSA) is 104 Å². The van der Waals surface area contributed by atoms with Gasteiger partial charge in [0.15, 0.2) is 5.96 Å². The van der Waals surface area contributed by atoms with Crippen LogP contribution in [0.2, 0.25) is 0 Å². The zero-order valence-corrected chi connectivity index (χ0v) is 21.1. The normalized spacial score (nSPS) is 12.3. The summed E-state index contributed by atoms with van der Waals surface area (Å²) in [6.45, 7) is 10.9. The fourth-order valence-electron chi connectivity index (χ4n) is 2.30.